The van der Waals surface area contributed by atoms with Gasteiger partial charge in [0.05, 0.1) is 20.1 Å². The quantitative estimate of drug-likeness (QED) is 0.556. The van der Waals surface area contributed by atoms with E-state index < -0.39 is 6.09 Å². The SMILES string of the molecule is COc1ccc(C(=O)NCCNC(=O)OCCCl)cc1OC. The fourth-order valence-electron chi connectivity index (χ4n) is 1.60. The Morgan fingerprint density at radius 1 is 1.09 bits per heavy atom. The van der Waals surface area contributed by atoms with Crippen LogP contribution in [0, 0.1) is 0 Å². The van der Waals surface area contributed by atoms with E-state index in [0.29, 0.717) is 17.1 Å². The number of ether oxygens (including phenoxy) is 3. The normalized spacial score (nSPS) is 9.77. The van der Waals surface area contributed by atoms with E-state index in [-0.39, 0.29) is 31.5 Å². The molecule has 8 heteroatoms. The number of nitrogens with one attached hydrogen (secondary N) is 2. The Morgan fingerprint density at radius 2 is 1.77 bits per heavy atom. The van der Waals surface area contributed by atoms with Crippen LogP contribution < -0.4 is 20.1 Å². The predicted molar refractivity (Wildman–Crippen MR) is 81.9 cm³/mol. The van der Waals surface area contributed by atoms with Gasteiger partial charge in [0.25, 0.3) is 5.91 Å². The third-order valence-corrected chi connectivity index (χ3v) is 2.79. The number of benzene rings is 1. The lowest BCUT2D eigenvalue weighted by Gasteiger charge is -2.10. The highest BCUT2D eigenvalue weighted by atomic mass is 35.5. The molecule has 0 bridgehead atoms. The fraction of sp³-hybridized carbons (Fsp3) is 0.429. The number of alkyl halides is 1. The molecule has 0 aliphatic rings. The largest absolute Gasteiger partial charge is 0.493 e. The van der Waals surface area contributed by atoms with Gasteiger partial charge < -0.3 is 24.8 Å². The van der Waals surface area contributed by atoms with Crippen LogP contribution in [-0.2, 0) is 4.74 Å². The number of amides is 2. The van der Waals surface area contributed by atoms with Crippen molar-refractivity contribution in [1.82, 2.24) is 10.6 Å². The summed E-state index contributed by atoms with van der Waals surface area (Å²) in [4.78, 5) is 23.1. The summed E-state index contributed by atoms with van der Waals surface area (Å²) >= 11 is 5.38. The van der Waals surface area contributed by atoms with Crippen LogP contribution in [0.3, 0.4) is 0 Å². The Morgan fingerprint density at radius 3 is 2.41 bits per heavy atom. The first kappa shape index (κ1) is 17.9. The van der Waals surface area contributed by atoms with Gasteiger partial charge in [-0.3, -0.25) is 4.79 Å². The first-order valence-electron chi connectivity index (χ1n) is 6.59. The van der Waals surface area contributed by atoms with Crippen LogP contribution >= 0.6 is 11.6 Å². The highest BCUT2D eigenvalue weighted by molar-refractivity contribution is 6.18. The second-order valence-electron chi connectivity index (χ2n) is 4.08. The Kier molecular flexibility index (Phi) is 7.91. The Bertz CT molecular complexity index is 510. The maximum Gasteiger partial charge on any atom is 0.407 e. The molecular weight excluding hydrogens is 312 g/mol. The maximum atomic E-state index is 12.0. The van der Waals surface area contributed by atoms with E-state index in [4.69, 9.17) is 25.8 Å². The zero-order valence-electron chi connectivity index (χ0n) is 12.5. The highest BCUT2D eigenvalue weighted by Gasteiger charge is 2.10. The van der Waals surface area contributed by atoms with Gasteiger partial charge in [0, 0.05) is 18.7 Å². The summed E-state index contributed by atoms with van der Waals surface area (Å²) in [5.74, 6) is 0.973. The first-order chi connectivity index (χ1) is 10.6. The Balaban J connectivity index is 2.41. The van der Waals surface area contributed by atoms with Gasteiger partial charge in [-0.25, -0.2) is 4.79 Å². The second kappa shape index (κ2) is 9.73. The third kappa shape index (κ3) is 5.69. The van der Waals surface area contributed by atoms with Crippen LogP contribution in [0.5, 0.6) is 11.5 Å². The molecule has 0 unspecified atom stereocenters. The van der Waals surface area contributed by atoms with Crippen LogP contribution in [0.2, 0.25) is 0 Å². The van der Waals surface area contributed by atoms with E-state index >= 15 is 0 Å². The molecule has 22 heavy (non-hydrogen) atoms. The minimum Gasteiger partial charge on any atom is -0.493 e. The van der Waals surface area contributed by atoms with Crippen molar-refractivity contribution in [3.05, 3.63) is 23.8 Å². The van der Waals surface area contributed by atoms with Crippen molar-refractivity contribution >= 4 is 23.6 Å². The monoisotopic (exact) mass is 330 g/mol. The predicted octanol–water partition coefficient (Wildman–Crippen LogP) is 1.40. The van der Waals surface area contributed by atoms with Gasteiger partial charge in [0.15, 0.2) is 11.5 Å². The van der Waals surface area contributed by atoms with E-state index in [1.54, 1.807) is 18.2 Å². The van der Waals surface area contributed by atoms with Crippen molar-refractivity contribution in [2.75, 3.05) is 39.8 Å². The van der Waals surface area contributed by atoms with Crippen LogP contribution in [0.1, 0.15) is 10.4 Å². The molecule has 2 amide bonds. The van der Waals surface area contributed by atoms with Gasteiger partial charge >= 0.3 is 6.09 Å². The standard InChI is InChI=1S/C14H19ClN2O5/c1-20-11-4-3-10(9-12(11)21-2)13(18)16-6-7-17-14(19)22-8-5-15/h3-4,9H,5-8H2,1-2H3,(H,16,18)(H,17,19). The number of alkyl carbamates (subject to hydrolysis) is 1. The summed E-state index contributed by atoms with van der Waals surface area (Å²) in [6.45, 7) is 0.661. The molecule has 0 fully saturated rings. The van der Waals surface area contributed by atoms with Crippen molar-refractivity contribution in [2.24, 2.45) is 0 Å². The first-order valence-corrected chi connectivity index (χ1v) is 7.12. The summed E-state index contributed by atoms with van der Waals surface area (Å²) in [6.07, 6.45) is -0.569. The average molecular weight is 331 g/mol. The van der Waals surface area contributed by atoms with E-state index in [1.165, 1.54) is 14.2 Å². The molecule has 7 nitrogen and oxygen atoms in total. The van der Waals surface area contributed by atoms with Crippen LogP contribution in [0.15, 0.2) is 18.2 Å². The molecule has 0 spiro atoms. The van der Waals surface area contributed by atoms with Gasteiger partial charge in [-0.2, -0.15) is 0 Å². The lowest BCUT2D eigenvalue weighted by molar-refractivity contribution is 0.0952. The van der Waals surface area contributed by atoms with Crippen molar-refractivity contribution < 1.29 is 23.8 Å². The van der Waals surface area contributed by atoms with Crippen molar-refractivity contribution in [3.8, 4) is 11.5 Å². The fourth-order valence-corrected chi connectivity index (χ4v) is 1.68. The smallest absolute Gasteiger partial charge is 0.407 e. The summed E-state index contributed by atoms with van der Waals surface area (Å²) in [5.41, 5.74) is 0.433. The highest BCUT2D eigenvalue weighted by Crippen LogP contribution is 2.27. The second-order valence-corrected chi connectivity index (χ2v) is 4.46. The van der Waals surface area contributed by atoms with Gasteiger partial charge in [0.1, 0.15) is 6.61 Å². The molecule has 2 N–H and O–H groups in total. The summed E-state index contributed by atoms with van der Waals surface area (Å²) < 4.78 is 14.9. The number of rotatable bonds is 8. The molecule has 0 saturated carbocycles. The average Bonchev–Trinajstić information content (AvgIpc) is 2.55. The molecular formula is C14H19ClN2O5. The van der Waals surface area contributed by atoms with E-state index in [9.17, 15) is 9.59 Å². The van der Waals surface area contributed by atoms with Gasteiger partial charge in [-0.1, -0.05) is 0 Å². The van der Waals surface area contributed by atoms with E-state index in [1.807, 2.05) is 0 Å². The third-order valence-electron chi connectivity index (χ3n) is 2.64. The number of hydrogen-bond acceptors (Lipinski definition) is 5. The van der Waals surface area contributed by atoms with E-state index in [0.717, 1.165) is 0 Å². The van der Waals surface area contributed by atoms with Crippen molar-refractivity contribution in [2.45, 2.75) is 0 Å². The number of halogens is 1. The lowest BCUT2D eigenvalue weighted by atomic mass is 10.2. The number of carbonyl (C=O) groups excluding carboxylic acids is 2. The molecule has 0 aliphatic heterocycles. The Labute approximate surface area is 133 Å². The topological polar surface area (TPSA) is 85.9 Å². The lowest BCUT2D eigenvalue weighted by Crippen LogP contribution is -2.35. The molecule has 0 radical (unpaired) electrons. The van der Waals surface area contributed by atoms with Gasteiger partial charge in [-0.15, -0.1) is 11.6 Å². The molecule has 1 rings (SSSR count). The van der Waals surface area contributed by atoms with Gasteiger partial charge in [-0.05, 0) is 18.2 Å². The summed E-state index contributed by atoms with van der Waals surface area (Å²) in [6, 6.07) is 4.85. The number of carbonyl (C=O) groups is 2. The summed E-state index contributed by atoms with van der Waals surface area (Å²) in [5, 5.41) is 5.15. The van der Waals surface area contributed by atoms with E-state index in [2.05, 4.69) is 10.6 Å². The number of hydrogen-bond donors (Lipinski definition) is 2. The minimum absolute atomic E-state index is 0.144. The Hall–Kier alpha value is -2.15. The van der Waals surface area contributed by atoms with Crippen molar-refractivity contribution in [1.29, 1.82) is 0 Å². The zero-order valence-corrected chi connectivity index (χ0v) is 13.2. The molecule has 0 aromatic heterocycles. The maximum absolute atomic E-state index is 12.0. The molecule has 1 aromatic carbocycles. The minimum atomic E-state index is -0.569. The molecule has 1 aromatic rings. The molecule has 0 saturated heterocycles. The summed E-state index contributed by atoms with van der Waals surface area (Å²) in [7, 11) is 3.02. The van der Waals surface area contributed by atoms with Gasteiger partial charge in [0.2, 0.25) is 0 Å². The van der Waals surface area contributed by atoms with Crippen LogP contribution in [-0.4, -0.2) is 51.8 Å². The molecule has 122 valence electrons. The zero-order chi connectivity index (χ0) is 16.4. The molecule has 0 aliphatic carbocycles. The van der Waals surface area contributed by atoms with Crippen LogP contribution in [0.25, 0.3) is 0 Å². The van der Waals surface area contributed by atoms with Crippen molar-refractivity contribution in [3.63, 3.8) is 0 Å². The van der Waals surface area contributed by atoms with Crippen LogP contribution in [0.4, 0.5) is 4.79 Å². The molecule has 0 atom stereocenters. The number of methoxy groups -OCH3 is 2. The molecule has 0 heterocycles.